The fourth-order valence-corrected chi connectivity index (χ4v) is 3.01. The summed E-state index contributed by atoms with van der Waals surface area (Å²) in [6.07, 6.45) is 1.32. The molecule has 1 aliphatic heterocycles. The Bertz CT molecular complexity index is 832. The zero-order chi connectivity index (χ0) is 19.2. The largest absolute Gasteiger partial charge is 0.481 e. The zero-order valence-electron chi connectivity index (χ0n) is 15.3. The molecule has 6 heteroatoms. The van der Waals surface area contributed by atoms with Gasteiger partial charge in [-0.05, 0) is 43.2 Å². The molecule has 2 aromatic rings. The molecule has 2 N–H and O–H groups in total. The number of anilines is 1. The van der Waals surface area contributed by atoms with Crippen LogP contribution in [0.25, 0.3) is 0 Å². The summed E-state index contributed by atoms with van der Waals surface area (Å²) in [4.78, 5) is 23.9. The first-order chi connectivity index (χ1) is 13.0. The lowest BCUT2D eigenvalue weighted by Gasteiger charge is -2.15. The first-order valence-electron chi connectivity index (χ1n) is 8.99. The molecule has 1 aliphatic rings. The number of rotatable bonds is 7. The van der Waals surface area contributed by atoms with Crippen molar-refractivity contribution in [2.24, 2.45) is 11.0 Å². The van der Waals surface area contributed by atoms with Gasteiger partial charge in [0.05, 0.1) is 11.6 Å². The van der Waals surface area contributed by atoms with Crippen LogP contribution in [0.3, 0.4) is 0 Å². The first kappa shape index (κ1) is 18.6. The topological polar surface area (TPSA) is 82.0 Å². The smallest absolute Gasteiger partial charge is 0.308 e. The van der Waals surface area contributed by atoms with E-state index in [2.05, 4.69) is 10.4 Å². The monoisotopic (exact) mass is 365 g/mol. The van der Waals surface area contributed by atoms with Crippen molar-refractivity contribution in [3.63, 3.8) is 0 Å². The highest BCUT2D eigenvalue weighted by atomic mass is 16.4. The van der Waals surface area contributed by atoms with Gasteiger partial charge >= 0.3 is 5.97 Å². The molecule has 0 fully saturated rings. The van der Waals surface area contributed by atoms with Crippen molar-refractivity contribution in [2.45, 2.75) is 19.8 Å². The van der Waals surface area contributed by atoms with E-state index in [1.54, 1.807) is 12.1 Å². The van der Waals surface area contributed by atoms with Crippen molar-refractivity contribution in [1.82, 2.24) is 5.32 Å². The van der Waals surface area contributed by atoms with Crippen molar-refractivity contribution in [2.75, 3.05) is 18.1 Å². The van der Waals surface area contributed by atoms with Crippen molar-refractivity contribution in [3.8, 4) is 0 Å². The predicted molar refractivity (Wildman–Crippen MR) is 105 cm³/mol. The summed E-state index contributed by atoms with van der Waals surface area (Å²) >= 11 is 0. The highest BCUT2D eigenvalue weighted by Crippen LogP contribution is 2.20. The van der Waals surface area contributed by atoms with Crippen molar-refractivity contribution >= 4 is 23.3 Å². The number of hydrazone groups is 1. The van der Waals surface area contributed by atoms with Crippen LogP contribution in [0.2, 0.25) is 0 Å². The average Bonchev–Trinajstić information content (AvgIpc) is 3.12. The van der Waals surface area contributed by atoms with Gasteiger partial charge in [0.2, 0.25) is 0 Å². The van der Waals surface area contributed by atoms with Crippen LogP contribution in [0.4, 0.5) is 5.69 Å². The molecule has 0 aromatic heterocycles. The zero-order valence-corrected chi connectivity index (χ0v) is 15.3. The predicted octanol–water partition coefficient (Wildman–Crippen LogP) is 2.95. The summed E-state index contributed by atoms with van der Waals surface area (Å²) in [7, 11) is 0. The number of nitrogens with zero attached hydrogens (tertiary/aromatic N) is 2. The van der Waals surface area contributed by atoms with Gasteiger partial charge < -0.3 is 10.4 Å². The lowest BCUT2D eigenvalue weighted by molar-refractivity contribution is -0.141. The lowest BCUT2D eigenvalue weighted by atomic mass is 9.99. The molecule has 2 aromatic carbocycles. The number of amides is 1. The quantitative estimate of drug-likeness (QED) is 0.790. The van der Waals surface area contributed by atoms with Crippen molar-refractivity contribution in [1.29, 1.82) is 0 Å². The highest BCUT2D eigenvalue weighted by Gasteiger charge is 2.19. The normalized spacial score (nSPS) is 14.6. The molecule has 0 radical (unpaired) electrons. The van der Waals surface area contributed by atoms with E-state index < -0.39 is 11.9 Å². The number of hydrogen-bond acceptors (Lipinski definition) is 4. The molecule has 0 aliphatic carbocycles. The standard InChI is InChI=1S/C21H23N3O3/c1-15-11-12-24(23-15)19-9-7-17(8-10-19)20(25)22-14-18(21(26)27)13-16-5-3-2-4-6-16/h2-10,18H,11-14H2,1H3,(H,22,25)(H,26,27). The van der Waals surface area contributed by atoms with Crippen LogP contribution in [-0.4, -0.2) is 35.8 Å². The number of aliphatic carboxylic acids is 1. The number of hydrogen-bond donors (Lipinski definition) is 2. The fourth-order valence-electron chi connectivity index (χ4n) is 3.01. The summed E-state index contributed by atoms with van der Waals surface area (Å²) in [5.74, 6) is -1.86. The van der Waals surface area contributed by atoms with E-state index >= 15 is 0 Å². The van der Waals surface area contributed by atoms with Gasteiger partial charge in [-0.2, -0.15) is 5.10 Å². The van der Waals surface area contributed by atoms with Gasteiger partial charge in [-0.15, -0.1) is 0 Å². The molecule has 140 valence electrons. The van der Waals surface area contributed by atoms with Crippen LogP contribution in [0, 0.1) is 5.92 Å². The molecular formula is C21H23N3O3. The summed E-state index contributed by atoms with van der Waals surface area (Å²) < 4.78 is 0. The lowest BCUT2D eigenvalue weighted by Crippen LogP contribution is -2.34. The summed E-state index contributed by atoms with van der Waals surface area (Å²) in [6, 6.07) is 16.6. The number of carbonyl (C=O) groups excluding carboxylic acids is 1. The Balaban J connectivity index is 1.58. The van der Waals surface area contributed by atoms with E-state index in [0.29, 0.717) is 12.0 Å². The SMILES string of the molecule is CC1=NN(c2ccc(C(=O)NCC(Cc3ccccc3)C(=O)O)cc2)CC1. The number of carboxylic acid groups (broad SMARTS) is 1. The maximum atomic E-state index is 12.4. The minimum atomic E-state index is -0.920. The molecule has 1 amide bonds. The number of nitrogens with one attached hydrogen (secondary N) is 1. The van der Waals surface area contributed by atoms with Gasteiger partial charge in [0.15, 0.2) is 0 Å². The van der Waals surface area contributed by atoms with Crippen LogP contribution < -0.4 is 10.3 Å². The van der Waals surface area contributed by atoms with Crippen molar-refractivity contribution < 1.29 is 14.7 Å². The second kappa shape index (κ2) is 8.49. The summed E-state index contributed by atoms with van der Waals surface area (Å²) in [5, 5.41) is 18.5. The van der Waals surface area contributed by atoms with E-state index in [9.17, 15) is 14.7 Å². The summed E-state index contributed by atoms with van der Waals surface area (Å²) in [5.41, 5.74) is 3.47. The second-order valence-corrected chi connectivity index (χ2v) is 6.69. The molecule has 1 atom stereocenters. The van der Waals surface area contributed by atoms with E-state index in [1.165, 1.54) is 0 Å². The maximum Gasteiger partial charge on any atom is 0.308 e. The van der Waals surface area contributed by atoms with Gasteiger partial charge in [0, 0.05) is 30.8 Å². The third kappa shape index (κ3) is 4.94. The number of carbonyl (C=O) groups is 2. The Labute approximate surface area is 158 Å². The third-order valence-corrected chi connectivity index (χ3v) is 4.59. The molecule has 0 spiro atoms. The van der Waals surface area contributed by atoms with E-state index in [0.717, 1.165) is 29.9 Å². The maximum absolute atomic E-state index is 12.4. The molecule has 1 heterocycles. The number of benzene rings is 2. The van der Waals surface area contributed by atoms with E-state index in [-0.39, 0.29) is 12.5 Å². The van der Waals surface area contributed by atoms with Crippen LogP contribution in [0.1, 0.15) is 29.3 Å². The van der Waals surface area contributed by atoms with E-state index in [1.807, 2.05) is 54.4 Å². The van der Waals surface area contributed by atoms with Gasteiger partial charge in [-0.1, -0.05) is 30.3 Å². The fraction of sp³-hybridized carbons (Fsp3) is 0.286. The van der Waals surface area contributed by atoms with Crippen molar-refractivity contribution in [3.05, 3.63) is 65.7 Å². The molecule has 0 saturated carbocycles. The molecule has 3 rings (SSSR count). The average molecular weight is 365 g/mol. The van der Waals surface area contributed by atoms with Gasteiger partial charge in [0.1, 0.15) is 0 Å². The Kier molecular flexibility index (Phi) is 5.86. The summed E-state index contributed by atoms with van der Waals surface area (Å²) in [6.45, 7) is 2.92. The van der Waals surface area contributed by atoms with E-state index in [4.69, 9.17) is 0 Å². The minimum absolute atomic E-state index is 0.0838. The Morgan fingerprint density at radius 3 is 2.44 bits per heavy atom. The molecule has 27 heavy (non-hydrogen) atoms. The highest BCUT2D eigenvalue weighted by molar-refractivity contribution is 5.95. The van der Waals surface area contributed by atoms with Gasteiger partial charge in [-0.25, -0.2) is 0 Å². The Morgan fingerprint density at radius 1 is 1.15 bits per heavy atom. The third-order valence-electron chi connectivity index (χ3n) is 4.59. The molecule has 0 saturated heterocycles. The van der Waals surface area contributed by atoms with Gasteiger partial charge in [0.25, 0.3) is 5.91 Å². The Morgan fingerprint density at radius 2 is 1.85 bits per heavy atom. The number of carboxylic acids is 1. The van der Waals surface area contributed by atoms with Crippen LogP contribution in [0.15, 0.2) is 59.7 Å². The van der Waals surface area contributed by atoms with Crippen LogP contribution >= 0.6 is 0 Å². The first-order valence-corrected chi connectivity index (χ1v) is 8.99. The second-order valence-electron chi connectivity index (χ2n) is 6.69. The molecule has 0 bridgehead atoms. The Hall–Kier alpha value is -3.15. The molecule has 6 nitrogen and oxygen atoms in total. The van der Waals surface area contributed by atoms with Crippen LogP contribution in [0.5, 0.6) is 0 Å². The molecule has 1 unspecified atom stereocenters. The van der Waals surface area contributed by atoms with Crippen LogP contribution in [-0.2, 0) is 11.2 Å². The van der Waals surface area contributed by atoms with Gasteiger partial charge in [-0.3, -0.25) is 14.6 Å². The molecular weight excluding hydrogens is 342 g/mol. The minimum Gasteiger partial charge on any atom is -0.481 e.